The molecule has 0 saturated carbocycles. The molecule has 0 bridgehead atoms. The topological polar surface area (TPSA) is 69.9 Å². The Hall–Kier alpha value is -2.67. The van der Waals surface area contributed by atoms with E-state index in [-0.39, 0.29) is 11.8 Å². The lowest BCUT2D eigenvalue weighted by Gasteiger charge is -2.38. The zero-order chi connectivity index (χ0) is 22.5. The molecule has 2 saturated heterocycles. The number of nitrogens with zero attached hydrogens (tertiary/aromatic N) is 4. The first-order chi connectivity index (χ1) is 15.5. The van der Waals surface area contributed by atoms with Crippen molar-refractivity contribution >= 4 is 11.8 Å². The number of hydrogen-bond acceptors (Lipinski definition) is 5. The molecular weight excluding hydrogens is 404 g/mol. The molecule has 0 radical (unpaired) electrons. The number of benzene rings is 1. The largest absolute Gasteiger partial charge is 0.441 e. The Morgan fingerprint density at radius 2 is 1.66 bits per heavy atom. The summed E-state index contributed by atoms with van der Waals surface area (Å²) in [5.41, 5.74) is 0.983. The highest BCUT2D eigenvalue weighted by Crippen LogP contribution is 2.22. The Kier molecular flexibility index (Phi) is 7.25. The lowest BCUT2D eigenvalue weighted by Crippen LogP contribution is -2.53. The molecule has 4 rings (SSSR count). The van der Waals surface area contributed by atoms with E-state index in [1.807, 2.05) is 40.1 Å². The summed E-state index contributed by atoms with van der Waals surface area (Å²) >= 11 is 0. The van der Waals surface area contributed by atoms with Crippen molar-refractivity contribution in [2.75, 3.05) is 45.8 Å². The summed E-state index contributed by atoms with van der Waals surface area (Å²) in [6.07, 6.45) is 3.80. The molecule has 0 aliphatic carbocycles. The quantitative estimate of drug-likeness (QED) is 0.694. The molecule has 32 heavy (non-hydrogen) atoms. The van der Waals surface area contributed by atoms with Gasteiger partial charge in [0.2, 0.25) is 11.8 Å². The number of aromatic nitrogens is 1. The fourth-order valence-corrected chi connectivity index (χ4v) is 4.85. The fraction of sp³-hybridized carbons (Fsp3) is 0.560. The van der Waals surface area contributed by atoms with E-state index < -0.39 is 0 Å². The van der Waals surface area contributed by atoms with Crippen molar-refractivity contribution in [3.8, 4) is 11.3 Å². The summed E-state index contributed by atoms with van der Waals surface area (Å²) < 4.78 is 5.81. The maximum Gasteiger partial charge on any atom is 0.236 e. The van der Waals surface area contributed by atoms with E-state index in [9.17, 15) is 9.59 Å². The van der Waals surface area contributed by atoms with Crippen LogP contribution in [-0.2, 0) is 16.0 Å². The standard InChI is InChI=1S/C25H34N4O3/c1-19-14-20(2)17-29(16-19)25(31)18-27-10-12-28(13-11-27)24(30)9-8-23-26-15-22(32-23)21-6-4-3-5-7-21/h3-7,15,19-20H,8-14,16-18H2,1-2H3. The SMILES string of the molecule is CC1CC(C)CN(C(=O)CN2CCN(C(=O)CCc3ncc(-c4ccccc4)o3)CC2)C1. The number of oxazole rings is 1. The van der Waals surface area contributed by atoms with Gasteiger partial charge in [0.1, 0.15) is 0 Å². The first-order valence-electron chi connectivity index (χ1n) is 11.8. The number of rotatable bonds is 6. The zero-order valence-corrected chi connectivity index (χ0v) is 19.2. The van der Waals surface area contributed by atoms with Crippen molar-refractivity contribution < 1.29 is 14.0 Å². The lowest BCUT2D eigenvalue weighted by atomic mass is 9.92. The van der Waals surface area contributed by atoms with Crippen LogP contribution >= 0.6 is 0 Å². The number of piperidine rings is 1. The molecule has 7 heteroatoms. The van der Waals surface area contributed by atoms with E-state index in [0.717, 1.165) is 37.5 Å². The van der Waals surface area contributed by atoms with Gasteiger partial charge < -0.3 is 14.2 Å². The molecule has 0 N–H and O–H groups in total. The highest BCUT2D eigenvalue weighted by molar-refractivity contribution is 5.79. The van der Waals surface area contributed by atoms with Gasteiger partial charge in [0.15, 0.2) is 11.7 Å². The summed E-state index contributed by atoms with van der Waals surface area (Å²) in [5, 5.41) is 0. The molecule has 2 amide bonds. The van der Waals surface area contributed by atoms with Crippen molar-refractivity contribution in [2.24, 2.45) is 11.8 Å². The number of hydrogen-bond donors (Lipinski definition) is 0. The first-order valence-corrected chi connectivity index (χ1v) is 11.8. The predicted octanol–water partition coefficient (Wildman–Crippen LogP) is 2.92. The Morgan fingerprint density at radius 1 is 0.969 bits per heavy atom. The number of piperazine rings is 1. The van der Waals surface area contributed by atoms with Crippen LogP contribution in [0.15, 0.2) is 40.9 Å². The van der Waals surface area contributed by atoms with Gasteiger partial charge in [-0.15, -0.1) is 0 Å². The van der Waals surface area contributed by atoms with Gasteiger partial charge in [-0.2, -0.15) is 0 Å². The van der Waals surface area contributed by atoms with E-state index in [4.69, 9.17) is 4.42 Å². The molecule has 2 unspecified atom stereocenters. The molecule has 3 heterocycles. The van der Waals surface area contributed by atoms with Crippen LogP contribution in [-0.4, -0.2) is 77.3 Å². The second-order valence-corrected chi connectivity index (χ2v) is 9.39. The number of likely N-dealkylation sites (tertiary alicyclic amines) is 1. The highest BCUT2D eigenvalue weighted by Gasteiger charge is 2.28. The van der Waals surface area contributed by atoms with Crippen LogP contribution < -0.4 is 0 Å². The predicted molar refractivity (Wildman–Crippen MR) is 123 cm³/mol. The van der Waals surface area contributed by atoms with Crippen LogP contribution in [0, 0.1) is 11.8 Å². The van der Waals surface area contributed by atoms with Crippen molar-refractivity contribution in [3.63, 3.8) is 0 Å². The first kappa shape index (κ1) is 22.5. The zero-order valence-electron chi connectivity index (χ0n) is 19.2. The monoisotopic (exact) mass is 438 g/mol. The molecule has 2 aromatic rings. The van der Waals surface area contributed by atoms with Gasteiger partial charge in [-0.25, -0.2) is 4.98 Å². The number of carbonyl (C=O) groups excluding carboxylic acids is 2. The summed E-state index contributed by atoms with van der Waals surface area (Å²) in [6, 6.07) is 9.84. The van der Waals surface area contributed by atoms with Crippen LogP contribution in [0.4, 0.5) is 0 Å². The van der Waals surface area contributed by atoms with Gasteiger partial charge in [0, 0.05) is 57.7 Å². The van der Waals surface area contributed by atoms with E-state index >= 15 is 0 Å². The van der Waals surface area contributed by atoms with Crippen LogP contribution in [0.5, 0.6) is 0 Å². The third-order valence-electron chi connectivity index (χ3n) is 6.47. The third-order valence-corrected chi connectivity index (χ3v) is 6.47. The van der Waals surface area contributed by atoms with Crippen LogP contribution in [0.1, 0.15) is 32.6 Å². The van der Waals surface area contributed by atoms with Crippen LogP contribution in [0.2, 0.25) is 0 Å². The molecule has 0 spiro atoms. The molecule has 7 nitrogen and oxygen atoms in total. The summed E-state index contributed by atoms with van der Waals surface area (Å²) in [7, 11) is 0. The number of aryl methyl sites for hydroxylation is 1. The average Bonchev–Trinajstić information content (AvgIpc) is 3.27. The van der Waals surface area contributed by atoms with Gasteiger partial charge >= 0.3 is 0 Å². The number of carbonyl (C=O) groups is 2. The Bertz CT molecular complexity index is 895. The second kappa shape index (κ2) is 10.3. The highest BCUT2D eigenvalue weighted by atomic mass is 16.4. The molecule has 1 aromatic carbocycles. The van der Waals surface area contributed by atoms with Gasteiger partial charge in [-0.3, -0.25) is 14.5 Å². The van der Waals surface area contributed by atoms with Crippen molar-refractivity contribution in [2.45, 2.75) is 33.1 Å². The van der Waals surface area contributed by atoms with Crippen molar-refractivity contribution in [3.05, 3.63) is 42.4 Å². The summed E-state index contributed by atoms with van der Waals surface area (Å²) in [4.78, 5) is 35.8. The normalized spacial score (nSPS) is 22.2. The van der Waals surface area contributed by atoms with Crippen molar-refractivity contribution in [1.29, 1.82) is 0 Å². The minimum atomic E-state index is 0.120. The van der Waals surface area contributed by atoms with Crippen molar-refractivity contribution in [1.82, 2.24) is 19.7 Å². The number of amides is 2. The minimum Gasteiger partial charge on any atom is -0.441 e. The summed E-state index contributed by atoms with van der Waals surface area (Å²) in [5.74, 6) is 2.81. The molecular formula is C25H34N4O3. The maximum atomic E-state index is 12.7. The Balaban J connectivity index is 1.19. The van der Waals surface area contributed by atoms with E-state index in [2.05, 4.69) is 23.7 Å². The van der Waals surface area contributed by atoms with Crippen LogP contribution in [0.25, 0.3) is 11.3 Å². The molecule has 1 aromatic heterocycles. The molecule has 2 atom stereocenters. The van der Waals surface area contributed by atoms with Gasteiger partial charge in [0.05, 0.1) is 12.7 Å². The molecule has 2 fully saturated rings. The van der Waals surface area contributed by atoms with E-state index in [1.54, 1.807) is 6.20 Å². The van der Waals surface area contributed by atoms with E-state index in [1.165, 1.54) is 6.42 Å². The van der Waals surface area contributed by atoms with Gasteiger partial charge in [-0.05, 0) is 18.3 Å². The van der Waals surface area contributed by atoms with Gasteiger partial charge in [-0.1, -0.05) is 44.2 Å². The smallest absolute Gasteiger partial charge is 0.236 e. The Morgan fingerprint density at radius 3 is 2.34 bits per heavy atom. The maximum absolute atomic E-state index is 12.7. The van der Waals surface area contributed by atoms with E-state index in [0.29, 0.717) is 50.2 Å². The average molecular weight is 439 g/mol. The van der Waals surface area contributed by atoms with Gasteiger partial charge in [0.25, 0.3) is 0 Å². The lowest BCUT2D eigenvalue weighted by molar-refractivity contribution is -0.136. The fourth-order valence-electron chi connectivity index (χ4n) is 4.85. The second-order valence-electron chi connectivity index (χ2n) is 9.39. The minimum absolute atomic E-state index is 0.120. The summed E-state index contributed by atoms with van der Waals surface area (Å²) in [6.45, 7) is 9.46. The molecule has 2 aliphatic heterocycles. The third kappa shape index (κ3) is 5.76. The Labute approximate surface area is 190 Å². The van der Waals surface area contributed by atoms with Crippen LogP contribution in [0.3, 0.4) is 0 Å². The molecule has 2 aliphatic rings. The molecule has 172 valence electrons.